The van der Waals surface area contributed by atoms with E-state index in [-0.39, 0.29) is 36.7 Å². The number of nitrogens with one attached hydrogen (secondary N) is 3. The Hall–Kier alpha value is -2.32. The van der Waals surface area contributed by atoms with Crippen LogP contribution in [0.2, 0.25) is 0 Å². The highest BCUT2D eigenvalue weighted by Gasteiger charge is 2.17. The van der Waals surface area contributed by atoms with Gasteiger partial charge in [-0.05, 0) is 30.2 Å². The average molecular weight is 344 g/mol. The van der Waals surface area contributed by atoms with Crippen molar-refractivity contribution in [2.75, 3.05) is 17.2 Å². The molecule has 1 aromatic rings. The molecular formula is C14H22ClN5O3. The molecule has 1 rings (SSSR count). The third-order valence-corrected chi connectivity index (χ3v) is 2.88. The molecule has 0 fully saturated rings. The van der Waals surface area contributed by atoms with Gasteiger partial charge in [0.2, 0.25) is 11.8 Å². The molecule has 0 aliphatic rings. The Morgan fingerprint density at radius 3 is 1.96 bits per heavy atom. The molecule has 1 atom stereocenters. The highest BCUT2D eigenvalue weighted by atomic mass is 35.5. The molecule has 23 heavy (non-hydrogen) atoms. The number of nitrogens with two attached hydrogens (primary N) is 2. The normalized spacial score (nSPS) is 11.1. The topological polar surface area (TPSA) is 139 Å². The van der Waals surface area contributed by atoms with Crippen molar-refractivity contribution in [3.8, 4) is 0 Å². The standard InChI is InChI=1S/C14H21N5O3.ClH/c1-8(2)12(15)13(21)17-7-11(20)18-9-3-5-10(6-4-9)19-14(16)22;/h3-6,8,12H,7,15H2,1-2H3,(H,17,21)(H,18,20)(H3,16,19,22);1H/t12-;/m0./s1. The molecule has 0 saturated heterocycles. The van der Waals surface area contributed by atoms with Gasteiger partial charge < -0.3 is 27.4 Å². The number of amides is 4. The lowest BCUT2D eigenvalue weighted by atomic mass is 10.1. The number of anilines is 2. The first-order chi connectivity index (χ1) is 10.3. The fraction of sp³-hybridized carbons (Fsp3) is 0.357. The van der Waals surface area contributed by atoms with E-state index in [1.165, 1.54) is 0 Å². The Bertz CT molecular complexity index is 548. The van der Waals surface area contributed by atoms with Crippen molar-refractivity contribution < 1.29 is 14.4 Å². The zero-order valence-corrected chi connectivity index (χ0v) is 13.8. The largest absolute Gasteiger partial charge is 0.351 e. The van der Waals surface area contributed by atoms with Crippen molar-refractivity contribution >= 4 is 41.6 Å². The summed E-state index contributed by atoms with van der Waals surface area (Å²) in [6.45, 7) is 3.48. The summed E-state index contributed by atoms with van der Waals surface area (Å²) in [5.74, 6) is -0.751. The summed E-state index contributed by atoms with van der Waals surface area (Å²) in [6.07, 6.45) is 0. The first kappa shape index (κ1) is 20.7. The van der Waals surface area contributed by atoms with Crippen LogP contribution in [0.5, 0.6) is 0 Å². The van der Waals surface area contributed by atoms with Gasteiger partial charge in [0.05, 0.1) is 12.6 Å². The molecule has 0 aromatic heterocycles. The number of primary amides is 1. The number of hydrogen-bond donors (Lipinski definition) is 5. The highest BCUT2D eigenvalue weighted by Crippen LogP contribution is 2.13. The van der Waals surface area contributed by atoms with Gasteiger partial charge in [0, 0.05) is 11.4 Å². The van der Waals surface area contributed by atoms with Crippen LogP contribution >= 0.6 is 12.4 Å². The van der Waals surface area contributed by atoms with E-state index in [1.54, 1.807) is 24.3 Å². The number of rotatable bonds is 6. The molecule has 4 amide bonds. The van der Waals surface area contributed by atoms with Gasteiger partial charge >= 0.3 is 6.03 Å². The number of hydrogen-bond acceptors (Lipinski definition) is 4. The Labute approximate surface area is 140 Å². The maximum atomic E-state index is 11.7. The molecule has 8 nitrogen and oxygen atoms in total. The summed E-state index contributed by atoms with van der Waals surface area (Å²) in [5.41, 5.74) is 11.7. The van der Waals surface area contributed by atoms with Gasteiger partial charge in [0.1, 0.15) is 0 Å². The number of halogens is 1. The van der Waals surface area contributed by atoms with Crippen LogP contribution in [0.15, 0.2) is 24.3 Å². The lowest BCUT2D eigenvalue weighted by Crippen LogP contribution is -2.46. The Kier molecular flexibility index (Phi) is 8.67. The minimum absolute atomic E-state index is 0. The maximum Gasteiger partial charge on any atom is 0.316 e. The van der Waals surface area contributed by atoms with E-state index in [4.69, 9.17) is 11.5 Å². The van der Waals surface area contributed by atoms with Crippen LogP contribution in [-0.2, 0) is 9.59 Å². The lowest BCUT2D eigenvalue weighted by Gasteiger charge is -2.15. The molecule has 0 bridgehead atoms. The van der Waals surface area contributed by atoms with Crippen LogP contribution in [0, 0.1) is 5.92 Å². The molecule has 0 spiro atoms. The molecular weight excluding hydrogens is 322 g/mol. The van der Waals surface area contributed by atoms with Gasteiger partial charge in [0.25, 0.3) is 0 Å². The van der Waals surface area contributed by atoms with Crippen molar-refractivity contribution in [2.24, 2.45) is 17.4 Å². The molecule has 9 heteroatoms. The van der Waals surface area contributed by atoms with E-state index in [9.17, 15) is 14.4 Å². The molecule has 0 aliphatic heterocycles. The Morgan fingerprint density at radius 1 is 1.04 bits per heavy atom. The fourth-order valence-electron chi connectivity index (χ4n) is 1.57. The maximum absolute atomic E-state index is 11.7. The summed E-state index contributed by atoms with van der Waals surface area (Å²) in [7, 11) is 0. The van der Waals surface area contributed by atoms with Crippen LogP contribution in [0.4, 0.5) is 16.2 Å². The molecule has 0 saturated carbocycles. The predicted molar refractivity (Wildman–Crippen MR) is 91.3 cm³/mol. The van der Waals surface area contributed by atoms with Gasteiger partial charge in [-0.2, -0.15) is 0 Å². The second kappa shape index (κ2) is 9.65. The summed E-state index contributed by atoms with van der Waals surface area (Å²) < 4.78 is 0. The van der Waals surface area contributed by atoms with E-state index in [1.807, 2.05) is 13.8 Å². The van der Waals surface area contributed by atoms with E-state index in [0.29, 0.717) is 11.4 Å². The van der Waals surface area contributed by atoms with Crippen molar-refractivity contribution in [3.05, 3.63) is 24.3 Å². The second-order valence-corrected chi connectivity index (χ2v) is 5.10. The third kappa shape index (κ3) is 7.48. The Balaban J connectivity index is 0.00000484. The van der Waals surface area contributed by atoms with E-state index in [2.05, 4.69) is 16.0 Å². The SMILES string of the molecule is CC(C)[C@H](N)C(=O)NCC(=O)Nc1ccc(NC(N)=O)cc1.Cl. The summed E-state index contributed by atoms with van der Waals surface area (Å²) in [5, 5.41) is 7.48. The first-order valence-electron chi connectivity index (χ1n) is 6.79. The average Bonchev–Trinajstić information content (AvgIpc) is 2.45. The van der Waals surface area contributed by atoms with Gasteiger partial charge in [-0.15, -0.1) is 12.4 Å². The monoisotopic (exact) mass is 343 g/mol. The second-order valence-electron chi connectivity index (χ2n) is 5.10. The van der Waals surface area contributed by atoms with Crippen molar-refractivity contribution in [1.29, 1.82) is 0 Å². The summed E-state index contributed by atoms with van der Waals surface area (Å²) in [6, 6.07) is 5.07. The van der Waals surface area contributed by atoms with E-state index in [0.717, 1.165) is 0 Å². The van der Waals surface area contributed by atoms with E-state index >= 15 is 0 Å². The minimum Gasteiger partial charge on any atom is -0.351 e. The number of urea groups is 1. The predicted octanol–water partition coefficient (Wildman–Crippen LogP) is 0.637. The molecule has 128 valence electrons. The van der Waals surface area contributed by atoms with Crippen molar-refractivity contribution in [2.45, 2.75) is 19.9 Å². The molecule has 0 unspecified atom stereocenters. The van der Waals surface area contributed by atoms with Gasteiger partial charge in [-0.1, -0.05) is 13.8 Å². The smallest absolute Gasteiger partial charge is 0.316 e. The van der Waals surface area contributed by atoms with Gasteiger partial charge in [-0.3, -0.25) is 9.59 Å². The molecule has 0 aliphatic carbocycles. The minimum atomic E-state index is -0.666. The number of carbonyl (C=O) groups excluding carboxylic acids is 3. The lowest BCUT2D eigenvalue weighted by molar-refractivity contribution is -0.125. The van der Waals surface area contributed by atoms with Crippen LogP contribution in [-0.4, -0.2) is 30.4 Å². The van der Waals surface area contributed by atoms with Crippen LogP contribution in [0.3, 0.4) is 0 Å². The first-order valence-corrected chi connectivity index (χ1v) is 6.79. The number of benzene rings is 1. The zero-order valence-electron chi connectivity index (χ0n) is 13.0. The molecule has 1 aromatic carbocycles. The fourth-order valence-corrected chi connectivity index (χ4v) is 1.57. The molecule has 0 radical (unpaired) electrons. The molecule has 0 heterocycles. The Morgan fingerprint density at radius 2 is 1.52 bits per heavy atom. The molecule has 7 N–H and O–H groups in total. The van der Waals surface area contributed by atoms with Gasteiger partial charge in [-0.25, -0.2) is 4.79 Å². The zero-order chi connectivity index (χ0) is 16.7. The van der Waals surface area contributed by atoms with Crippen molar-refractivity contribution in [1.82, 2.24) is 5.32 Å². The quantitative estimate of drug-likeness (QED) is 0.517. The van der Waals surface area contributed by atoms with E-state index < -0.39 is 12.1 Å². The van der Waals surface area contributed by atoms with Crippen LogP contribution in [0.1, 0.15) is 13.8 Å². The number of carbonyl (C=O) groups is 3. The van der Waals surface area contributed by atoms with Gasteiger partial charge in [0.15, 0.2) is 0 Å². The highest BCUT2D eigenvalue weighted by molar-refractivity contribution is 5.95. The van der Waals surface area contributed by atoms with Crippen LogP contribution in [0.25, 0.3) is 0 Å². The van der Waals surface area contributed by atoms with Crippen LogP contribution < -0.4 is 27.4 Å². The summed E-state index contributed by atoms with van der Waals surface area (Å²) >= 11 is 0. The van der Waals surface area contributed by atoms with Crippen molar-refractivity contribution in [3.63, 3.8) is 0 Å². The summed E-state index contributed by atoms with van der Waals surface area (Å²) in [4.78, 5) is 34.0. The third-order valence-electron chi connectivity index (χ3n) is 2.88.